The summed E-state index contributed by atoms with van der Waals surface area (Å²) in [6.45, 7) is 1.69. The summed E-state index contributed by atoms with van der Waals surface area (Å²) in [6.07, 6.45) is 1.63. The van der Waals surface area contributed by atoms with Crippen molar-refractivity contribution in [2.24, 2.45) is 0 Å². The van der Waals surface area contributed by atoms with Gasteiger partial charge in [0.05, 0.1) is 23.8 Å². The minimum Gasteiger partial charge on any atom is -0.480 e. The second-order valence-corrected chi connectivity index (χ2v) is 6.40. The largest absolute Gasteiger partial charge is 0.480 e. The average Bonchev–Trinajstić information content (AvgIpc) is 2.50. The summed E-state index contributed by atoms with van der Waals surface area (Å²) in [5, 5.41) is 11.7. The predicted octanol–water partition coefficient (Wildman–Crippen LogP) is 1.90. The number of likely N-dealkylation sites (tertiary alicyclic amines) is 1. The Kier molecular flexibility index (Phi) is 6.53. The zero-order valence-electron chi connectivity index (χ0n) is 13.5. The van der Waals surface area contributed by atoms with Gasteiger partial charge in [0.15, 0.2) is 0 Å². The fourth-order valence-electron chi connectivity index (χ4n) is 2.84. The Balaban J connectivity index is 1.79. The fraction of sp³-hybridized carbons (Fsp3) is 0.500. The number of rotatable bonds is 6. The molecule has 1 saturated heterocycles. The first kappa shape index (κ1) is 18.6. The molecule has 0 aliphatic carbocycles. The van der Waals surface area contributed by atoms with Gasteiger partial charge in [-0.15, -0.1) is 0 Å². The van der Waals surface area contributed by atoms with E-state index >= 15 is 0 Å². The molecule has 1 aliphatic heterocycles. The monoisotopic (exact) mass is 357 g/mol. The molecule has 0 radical (unpaired) electrons. The van der Waals surface area contributed by atoms with Gasteiger partial charge in [0, 0.05) is 19.1 Å². The zero-order chi connectivity index (χ0) is 17.7. The van der Waals surface area contributed by atoms with Gasteiger partial charge in [-0.3, -0.25) is 19.4 Å². The molecule has 6 nitrogen and oxygen atoms in total. The van der Waals surface area contributed by atoms with Crippen molar-refractivity contribution >= 4 is 29.2 Å². The van der Waals surface area contributed by atoms with E-state index in [1.807, 2.05) is 9.80 Å². The molecule has 1 aromatic rings. The lowest BCUT2D eigenvalue weighted by Crippen LogP contribution is -2.46. The van der Waals surface area contributed by atoms with Crippen molar-refractivity contribution in [2.75, 3.05) is 38.5 Å². The van der Waals surface area contributed by atoms with E-state index in [1.165, 1.54) is 12.1 Å². The van der Waals surface area contributed by atoms with Gasteiger partial charge < -0.3 is 10.4 Å². The number of carbonyl (C=O) groups excluding carboxylic acids is 1. The zero-order valence-corrected chi connectivity index (χ0v) is 14.2. The number of piperidine rings is 1. The van der Waals surface area contributed by atoms with Crippen molar-refractivity contribution in [1.82, 2.24) is 9.80 Å². The number of carboxylic acid groups (broad SMARTS) is 1. The number of likely N-dealkylation sites (N-methyl/N-ethyl adjacent to an activating group) is 1. The lowest BCUT2D eigenvalue weighted by molar-refractivity contribution is -0.138. The van der Waals surface area contributed by atoms with Crippen molar-refractivity contribution in [3.05, 3.63) is 29.0 Å². The van der Waals surface area contributed by atoms with E-state index in [0.29, 0.717) is 5.69 Å². The Morgan fingerprint density at radius 3 is 2.67 bits per heavy atom. The molecule has 0 saturated carbocycles. The lowest BCUT2D eigenvalue weighted by atomic mass is 10.0. The number of nitrogens with zero attached hydrogens (tertiary/aromatic N) is 2. The summed E-state index contributed by atoms with van der Waals surface area (Å²) in [5.74, 6) is -1.50. The summed E-state index contributed by atoms with van der Waals surface area (Å²) >= 11 is 5.89. The number of anilines is 1. The second kappa shape index (κ2) is 8.41. The molecule has 1 fully saturated rings. The number of carboxylic acids is 1. The summed E-state index contributed by atoms with van der Waals surface area (Å²) in [6, 6.07) is 4.04. The first-order chi connectivity index (χ1) is 11.3. The third-order valence-corrected chi connectivity index (χ3v) is 4.45. The Hall–Kier alpha value is -1.70. The SMILES string of the molecule is CN(CC(=O)O)C1CCN(CC(=O)Nc2ccc(F)cc2Cl)CC1. The van der Waals surface area contributed by atoms with Crippen molar-refractivity contribution < 1.29 is 19.1 Å². The Morgan fingerprint density at radius 2 is 2.08 bits per heavy atom. The van der Waals surface area contributed by atoms with Gasteiger partial charge in [0.25, 0.3) is 0 Å². The number of aliphatic carboxylic acids is 1. The third kappa shape index (κ3) is 5.43. The van der Waals surface area contributed by atoms with Crippen LogP contribution in [0.3, 0.4) is 0 Å². The summed E-state index contributed by atoms with van der Waals surface area (Å²) < 4.78 is 13.0. The number of halogens is 2. The van der Waals surface area contributed by atoms with E-state index in [1.54, 1.807) is 7.05 Å². The summed E-state index contributed by atoms with van der Waals surface area (Å²) in [5.41, 5.74) is 0.388. The molecular formula is C16H21ClFN3O3. The highest BCUT2D eigenvalue weighted by atomic mass is 35.5. The molecule has 8 heteroatoms. The molecule has 1 amide bonds. The molecule has 0 aromatic heterocycles. The van der Waals surface area contributed by atoms with Gasteiger partial charge in [-0.1, -0.05) is 11.6 Å². The quantitative estimate of drug-likeness (QED) is 0.813. The first-order valence-electron chi connectivity index (χ1n) is 7.74. The van der Waals surface area contributed by atoms with Crippen LogP contribution < -0.4 is 5.32 Å². The second-order valence-electron chi connectivity index (χ2n) is 5.99. The molecule has 1 heterocycles. The first-order valence-corrected chi connectivity index (χ1v) is 8.12. The Bertz CT molecular complexity index is 606. The fourth-order valence-corrected chi connectivity index (χ4v) is 3.06. The highest BCUT2D eigenvalue weighted by Crippen LogP contribution is 2.22. The smallest absolute Gasteiger partial charge is 0.317 e. The van der Waals surface area contributed by atoms with Gasteiger partial charge in [-0.25, -0.2) is 4.39 Å². The highest BCUT2D eigenvalue weighted by Gasteiger charge is 2.24. The van der Waals surface area contributed by atoms with Gasteiger partial charge >= 0.3 is 5.97 Å². The molecule has 1 aromatic carbocycles. The lowest BCUT2D eigenvalue weighted by Gasteiger charge is -2.35. The molecule has 132 valence electrons. The maximum absolute atomic E-state index is 13.0. The maximum Gasteiger partial charge on any atom is 0.317 e. The summed E-state index contributed by atoms with van der Waals surface area (Å²) in [7, 11) is 1.80. The van der Waals surface area contributed by atoms with Crippen molar-refractivity contribution in [3.8, 4) is 0 Å². The minimum absolute atomic E-state index is 0.0220. The van der Waals surface area contributed by atoms with Crippen LogP contribution in [0.25, 0.3) is 0 Å². The van der Waals surface area contributed by atoms with Crippen molar-refractivity contribution in [3.63, 3.8) is 0 Å². The van der Waals surface area contributed by atoms with Crippen LogP contribution in [0, 0.1) is 5.82 Å². The number of nitrogens with one attached hydrogen (secondary N) is 1. The molecule has 0 atom stereocenters. The predicted molar refractivity (Wildman–Crippen MR) is 89.8 cm³/mol. The van der Waals surface area contributed by atoms with Crippen LogP contribution >= 0.6 is 11.6 Å². The van der Waals surface area contributed by atoms with Gasteiger partial charge in [-0.2, -0.15) is 0 Å². The van der Waals surface area contributed by atoms with Crippen LogP contribution in [0.5, 0.6) is 0 Å². The number of benzene rings is 1. The molecular weight excluding hydrogens is 337 g/mol. The van der Waals surface area contributed by atoms with E-state index in [0.717, 1.165) is 32.0 Å². The normalized spacial score (nSPS) is 16.3. The van der Waals surface area contributed by atoms with E-state index in [4.69, 9.17) is 16.7 Å². The maximum atomic E-state index is 13.0. The average molecular weight is 358 g/mol. The number of hydrogen-bond donors (Lipinski definition) is 2. The Labute approximate surface area is 145 Å². The molecule has 0 bridgehead atoms. The van der Waals surface area contributed by atoms with E-state index in [-0.39, 0.29) is 30.1 Å². The molecule has 0 spiro atoms. The van der Waals surface area contributed by atoms with Crippen LogP contribution in [0.15, 0.2) is 18.2 Å². The van der Waals surface area contributed by atoms with Crippen LogP contribution in [-0.4, -0.2) is 66.1 Å². The Morgan fingerprint density at radius 1 is 1.42 bits per heavy atom. The van der Waals surface area contributed by atoms with Crippen molar-refractivity contribution in [2.45, 2.75) is 18.9 Å². The minimum atomic E-state index is -0.838. The van der Waals surface area contributed by atoms with E-state index in [9.17, 15) is 14.0 Å². The van der Waals surface area contributed by atoms with E-state index in [2.05, 4.69) is 5.32 Å². The van der Waals surface area contributed by atoms with Gasteiger partial charge in [0.1, 0.15) is 5.82 Å². The number of amides is 1. The molecule has 0 unspecified atom stereocenters. The highest BCUT2D eigenvalue weighted by molar-refractivity contribution is 6.33. The van der Waals surface area contributed by atoms with Gasteiger partial charge in [-0.05, 0) is 38.1 Å². The van der Waals surface area contributed by atoms with Crippen LogP contribution in [0.2, 0.25) is 5.02 Å². The summed E-state index contributed by atoms with van der Waals surface area (Å²) in [4.78, 5) is 26.7. The molecule has 2 rings (SSSR count). The van der Waals surface area contributed by atoms with Crippen LogP contribution in [0.1, 0.15) is 12.8 Å². The van der Waals surface area contributed by atoms with Crippen LogP contribution in [-0.2, 0) is 9.59 Å². The van der Waals surface area contributed by atoms with Crippen molar-refractivity contribution in [1.29, 1.82) is 0 Å². The number of carbonyl (C=O) groups is 2. The molecule has 24 heavy (non-hydrogen) atoms. The standard InChI is InChI=1S/C16H21ClFN3O3/c1-20(10-16(23)24)12-4-6-21(7-5-12)9-15(22)19-14-3-2-11(18)8-13(14)17/h2-3,8,12H,4-7,9-10H2,1H3,(H,19,22)(H,23,24). The number of hydrogen-bond acceptors (Lipinski definition) is 4. The van der Waals surface area contributed by atoms with E-state index < -0.39 is 11.8 Å². The molecule has 2 N–H and O–H groups in total. The molecule has 1 aliphatic rings. The topological polar surface area (TPSA) is 72.9 Å². The van der Waals surface area contributed by atoms with Gasteiger partial charge in [0.2, 0.25) is 5.91 Å². The van der Waals surface area contributed by atoms with Crippen LogP contribution in [0.4, 0.5) is 10.1 Å². The third-order valence-electron chi connectivity index (χ3n) is 4.14.